The average Bonchev–Trinajstić information content (AvgIpc) is 3.17. The van der Waals surface area contributed by atoms with Crippen LogP contribution in [0.5, 0.6) is 0 Å². The summed E-state index contributed by atoms with van der Waals surface area (Å²) < 4.78 is 74.8. The summed E-state index contributed by atoms with van der Waals surface area (Å²) in [6.45, 7) is 8.79. The Kier molecular flexibility index (Phi) is 9.34. The van der Waals surface area contributed by atoms with Gasteiger partial charge in [-0.2, -0.15) is 16.8 Å². The highest BCUT2D eigenvalue weighted by molar-refractivity contribution is 7.81. The standard InChI is InChI=1S/C28H48O9S2/c1-5-6-19(17-36-38(30,31)32)8-7-18(2)22-9-10-23-26-24(12-14-28(22,23)4)27(3)13-11-21(29)15-20(27)16-25(26)37-39(33,34)35/h7-8,18-26,29H,5-6,9-17H2,1-4H3,(H,30,31,32)(H,33,34,35)/b8-7+/t18-,19-,20-,21+,22-,23?,24?,25-,26?,27+,28-/m1/s1. The second-order valence-electron chi connectivity index (χ2n) is 13.5. The highest BCUT2D eigenvalue weighted by Gasteiger charge is 2.63. The molecule has 4 aliphatic carbocycles. The molecule has 0 aromatic carbocycles. The number of fused-ring (bicyclic) bond motifs is 5. The van der Waals surface area contributed by atoms with Gasteiger partial charge in [0, 0.05) is 5.92 Å². The minimum Gasteiger partial charge on any atom is -0.393 e. The molecule has 4 rings (SSSR count). The zero-order chi connectivity index (χ0) is 28.8. The summed E-state index contributed by atoms with van der Waals surface area (Å²) in [7, 11) is -9.09. The first-order valence-electron chi connectivity index (χ1n) is 14.7. The number of aliphatic hydroxyl groups is 1. The first-order valence-corrected chi connectivity index (χ1v) is 17.4. The molecule has 0 bridgehead atoms. The van der Waals surface area contributed by atoms with Crippen molar-refractivity contribution in [2.75, 3.05) is 6.61 Å². The van der Waals surface area contributed by atoms with Crippen LogP contribution in [0.25, 0.3) is 0 Å². The quantitative estimate of drug-likeness (QED) is 0.229. The molecule has 0 heterocycles. The van der Waals surface area contributed by atoms with Crippen LogP contribution in [-0.2, 0) is 29.2 Å². The molecule has 0 radical (unpaired) electrons. The molecule has 3 unspecified atom stereocenters. The molecule has 4 fully saturated rings. The molecule has 39 heavy (non-hydrogen) atoms. The number of rotatable bonds is 10. The van der Waals surface area contributed by atoms with E-state index >= 15 is 0 Å². The van der Waals surface area contributed by atoms with Gasteiger partial charge in [0.2, 0.25) is 0 Å². The van der Waals surface area contributed by atoms with Crippen LogP contribution in [0.3, 0.4) is 0 Å². The SMILES string of the molecule is CCC[C@H](/C=C/[C@@H](C)[C@H]1CCC2C3C(CC[C@@]21C)[C@@]1(C)CC[C@H](O)C[C@@H]1C[C@H]3OS(=O)(=O)O)COS(=O)(=O)O. The van der Waals surface area contributed by atoms with Crippen LogP contribution in [0.15, 0.2) is 12.2 Å². The van der Waals surface area contributed by atoms with Gasteiger partial charge in [-0.15, -0.1) is 0 Å². The first kappa shape index (κ1) is 31.4. The van der Waals surface area contributed by atoms with Crippen molar-refractivity contribution in [2.24, 2.45) is 52.3 Å². The summed E-state index contributed by atoms with van der Waals surface area (Å²) in [6, 6.07) is 0. The van der Waals surface area contributed by atoms with Crippen molar-refractivity contribution in [3.8, 4) is 0 Å². The van der Waals surface area contributed by atoms with Gasteiger partial charge in [0.05, 0.1) is 18.8 Å². The maximum absolute atomic E-state index is 12.0. The van der Waals surface area contributed by atoms with Gasteiger partial charge in [-0.1, -0.05) is 46.3 Å². The van der Waals surface area contributed by atoms with Crippen molar-refractivity contribution >= 4 is 20.8 Å². The van der Waals surface area contributed by atoms with Crippen molar-refractivity contribution in [3.05, 3.63) is 12.2 Å². The molecule has 11 atom stereocenters. The topological polar surface area (TPSA) is 147 Å². The Morgan fingerprint density at radius 3 is 2.23 bits per heavy atom. The molecular weight excluding hydrogens is 544 g/mol. The minimum absolute atomic E-state index is 0.0195. The van der Waals surface area contributed by atoms with Crippen LogP contribution in [0.2, 0.25) is 0 Å². The van der Waals surface area contributed by atoms with Crippen LogP contribution < -0.4 is 0 Å². The third-order valence-corrected chi connectivity index (χ3v) is 12.3. The molecule has 11 heteroatoms. The lowest BCUT2D eigenvalue weighted by atomic mass is 9.43. The smallest absolute Gasteiger partial charge is 0.393 e. The largest absolute Gasteiger partial charge is 0.397 e. The van der Waals surface area contributed by atoms with Gasteiger partial charge in [0.25, 0.3) is 0 Å². The van der Waals surface area contributed by atoms with Crippen molar-refractivity contribution in [3.63, 3.8) is 0 Å². The Hall–Kier alpha value is -0.560. The second-order valence-corrected chi connectivity index (χ2v) is 15.6. The molecule has 0 saturated heterocycles. The van der Waals surface area contributed by atoms with E-state index in [-0.39, 0.29) is 59.0 Å². The fourth-order valence-corrected chi connectivity index (χ4v) is 10.4. The minimum atomic E-state index is -4.61. The lowest BCUT2D eigenvalue weighted by Gasteiger charge is -2.62. The predicted octanol–water partition coefficient (Wildman–Crippen LogP) is 5.23. The van der Waals surface area contributed by atoms with Crippen molar-refractivity contribution in [2.45, 2.75) is 104 Å². The van der Waals surface area contributed by atoms with E-state index < -0.39 is 26.9 Å². The Morgan fingerprint density at radius 1 is 0.923 bits per heavy atom. The fourth-order valence-electron chi connectivity index (χ4n) is 9.58. The van der Waals surface area contributed by atoms with Gasteiger partial charge in [-0.3, -0.25) is 9.11 Å². The van der Waals surface area contributed by atoms with Gasteiger partial charge in [0.15, 0.2) is 0 Å². The maximum Gasteiger partial charge on any atom is 0.397 e. The first-order chi connectivity index (χ1) is 18.1. The van der Waals surface area contributed by atoms with Gasteiger partial charge in [-0.25, -0.2) is 8.37 Å². The van der Waals surface area contributed by atoms with Crippen LogP contribution in [0.4, 0.5) is 0 Å². The van der Waals surface area contributed by atoms with Crippen molar-refractivity contribution in [1.82, 2.24) is 0 Å². The molecule has 0 aliphatic heterocycles. The van der Waals surface area contributed by atoms with Crippen LogP contribution in [-0.4, -0.2) is 49.9 Å². The van der Waals surface area contributed by atoms with Crippen molar-refractivity contribution in [1.29, 1.82) is 0 Å². The van der Waals surface area contributed by atoms with E-state index in [2.05, 4.69) is 31.0 Å². The summed E-state index contributed by atoms with van der Waals surface area (Å²) in [5.41, 5.74) is 0.00262. The zero-order valence-corrected chi connectivity index (χ0v) is 25.4. The van der Waals surface area contributed by atoms with Crippen LogP contribution in [0.1, 0.15) is 91.9 Å². The molecule has 0 aromatic heterocycles. The van der Waals surface area contributed by atoms with E-state index in [4.69, 9.17) is 8.74 Å². The normalized spacial score (nSPS) is 42.5. The molecule has 0 aromatic rings. The monoisotopic (exact) mass is 592 g/mol. The third kappa shape index (κ3) is 6.75. The molecule has 4 aliphatic rings. The lowest BCUT2D eigenvalue weighted by Crippen LogP contribution is -2.59. The van der Waals surface area contributed by atoms with Gasteiger partial charge < -0.3 is 5.11 Å². The molecule has 3 N–H and O–H groups in total. The molecule has 226 valence electrons. The van der Waals surface area contributed by atoms with E-state index in [1.54, 1.807) is 0 Å². The summed E-state index contributed by atoms with van der Waals surface area (Å²) in [4.78, 5) is 0. The third-order valence-electron chi connectivity index (χ3n) is 11.4. The maximum atomic E-state index is 12.0. The molecule has 9 nitrogen and oxygen atoms in total. The van der Waals surface area contributed by atoms with E-state index in [0.29, 0.717) is 18.8 Å². The Bertz CT molecular complexity index is 1110. The number of aliphatic hydroxyl groups excluding tert-OH is 1. The summed E-state index contributed by atoms with van der Waals surface area (Å²) in [6.07, 6.45) is 11.7. The average molecular weight is 593 g/mol. The molecule has 4 saturated carbocycles. The fraction of sp³-hybridized carbons (Fsp3) is 0.929. The van der Waals surface area contributed by atoms with Crippen LogP contribution >= 0.6 is 0 Å². The summed E-state index contributed by atoms with van der Waals surface area (Å²) >= 11 is 0. The predicted molar refractivity (Wildman–Crippen MR) is 147 cm³/mol. The van der Waals surface area contributed by atoms with Gasteiger partial charge >= 0.3 is 20.8 Å². The highest BCUT2D eigenvalue weighted by atomic mass is 32.3. The van der Waals surface area contributed by atoms with Gasteiger partial charge in [-0.05, 0) is 104 Å². The van der Waals surface area contributed by atoms with E-state index in [0.717, 1.165) is 51.4 Å². The Balaban J connectivity index is 1.56. The molecular formula is C28H48O9S2. The van der Waals surface area contributed by atoms with Gasteiger partial charge in [0.1, 0.15) is 0 Å². The number of allylic oxidation sites excluding steroid dienone is 1. The lowest BCUT2D eigenvalue weighted by molar-refractivity contribution is -0.167. The van der Waals surface area contributed by atoms with E-state index in [1.165, 1.54) is 0 Å². The summed E-state index contributed by atoms with van der Waals surface area (Å²) in [5, 5.41) is 10.4. The number of hydrogen-bond donors (Lipinski definition) is 3. The highest BCUT2D eigenvalue weighted by Crippen LogP contribution is 2.68. The Morgan fingerprint density at radius 2 is 1.59 bits per heavy atom. The van der Waals surface area contributed by atoms with E-state index in [1.807, 2.05) is 13.0 Å². The Labute approximate surface area is 235 Å². The number of hydrogen-bond acceptors (Lipinski definition) is 7. The second kappa shape index (κ2) is 11.6. The van der Waals surface area contributed by atoms with E-state index in [9.17, 15) is 26.5 Å². The summed E-state index contributed by atoms with van der Waals surface area (Å²) in [5.74, 6) is 1.21. The van der Waals surface area contributed by atoms with Crippen LogP contribution in [0, 0.1) is 52.3 Å². The molecule has 0 amide bonds. The van der Waals surface area contributed by atoms with Crippen molar-refractivity contribution < 1.29 is 39.4 Å². The zero-order valence-electron chi connectivity index (χ0n) is 23.7. The molecule has 0 spiro atoms.